The first-order valence-electron chi connectivity index (χ1n) is 6.94. The summed E-state index contributed by atoms with van der Waals surface area (Å²) in [5.41, 5.74) is 2.05. The summed E-state index contributed by atoms with van der Waals surface area (Å²) in [6.45, 7) is 4.44. The van der Waals surface area contributed by atoms with Crippen molar-refractivity contribution in [1.82, 2.24) is 5.32 Å². The molecule has 4 heteroatoms. The Bertz CT molecular complexity index is 628. The molecule has 0 saturated carbocycles. The number of rotatable bonds is 5. The molecule has 2 rings (SSSR count). The molecule has 0 amide bonds. The van der Waals surface area contributed by atoms with Gasteiger partial charge in [-0.05, 0) is 60.8 Å². The van der Waals surface area contributed by atoms with Gasteiger partial charge in [-0.2, -0.15) is 0 Å². The van der Waals surface area contributed by atoms with E-state index in [1.54, 1.807) is 25.1 Å². The maximum absolute atomic E-state index is 13.9. The van der Waals surface area contributed by atoms with Crippen LogP contribution in [-0.2, 0) is 6.42 Å². The molecule has 0 radical (unpaired) electrons. The van der Waals surface area contributed by atoms with Crippen LogP contribution >= 0.6 is 15.9 Å². The first-order chi connectivity index (χ1) is 10.0. The predicted molar refractivity (Wildman–Crippen MR) is 85.4 cm³/mol. The van der Waals surface area contributed by atoms with E-state index in [2.05, 4.69) is 21.2 Å². The van der Waals surface area contributed by atoms with Gasteiger partial charge in [-0.15, -0.1) is 0 Å². The summed E-state index contributed by atoms with van der Waals surface area (Å²) in [5.74, 6) is -0.473. The lowest BCUT2D eigenvalue weighted by Gasteiger charge is -2.19. The third kappa shape index (κ3) is 4.11. The molecular weight excluding hydrogens is 336 g/mol. The Morgan fingerprint density at radius 2 is 1.86 bits per heavy atom. The topological polar surface area (TPSA) is 12.0 Å². The zero-order valence-corrected chi connectivity index (χ0v) is 13.7. The van der Waals surface area contributed by atoms with Crippen molar-refractivity contribution >= 4 is 15.9 Å². The van der Waals surface area contributed by atoms with E-state index in [4.69, 9.17) is 0 Å². The molecule has 2 aromatic rings. The molecule has 1 atom stereocenters. The van der Waals surface area contributed by atoms with Gasteiger partial charge in [0.2, 0.25) is 0 Å². The highest BCUT2D eigenvalue weighted by atomic mass is 79.9. The van der Waals surface area contributed by atoms with E-state index < -0.39 is 0 Å². The minimum atomic E-state index is -0.242. The second-order valence-corrected chi connectivity index (χ2v) is 5.97. The normalized spacial score (nSPS) is 12.4. The molecular formula is C17H18BrF2N. The van der Waals surface area contributed by atoms with Crippen LogP contribution in [0.3, 0.4) is 0 Å². The zero-order chi connectivity index (χ0) is 15.4. The highest BCUT2D eigenvalue weighted by molar-refractivity contribution is 9.10. The van der Waals surface area contributed by atoms with Gasteiger partial charge in [-0.3, -0.25) is 0 Å². The van der Waals surface area contributed by atoms with Crippen LogP contribution in [0, 0.1) is 18.6 Å². The maximum Gasteiger partial charge on any atom is 0.126 e. The number of nitrogens with one attached hydrogen (secondary N) is 1. The van der Waals surface area contributed by atoms with Gasteiger partial charge < -0.3 is 5.32 Å². The second kappa shape index (κ2) is 7.14. The van der Waals surface area contributed by atoms with Gasteiger partial charge in [0, 0.05) is 10.5 Å². The summed E-state index contributed by atoms with van der Waals surface area (Å²) in [7, 11) is 0. The van der Waals surface area contributed by atoms with Crippen LogP contribution in [0.5, 0.6) is 0 Å². The van der Waals surface area contributed by atoms with Gasteiger partial charge in [0.15, 0.2) is 0 Å². The Morgan fingerprint density at radius 1 is 1.10 bits per heavy atom. The van der Waals surface area contributed by atoms with E-state index in [0.717, 1.165) is 16.6 Å². The fourth-order valence-electron chi connectivity index (χ4n) is 2.30. The predicted octanol–water partition coefficient (Wildman–Crippen LogP) is 4.93. The zero-order valence-electron chi connectivity index (χ0n) is 12.1. The molecule has 0 aliphatic rings. The molecule has 0 aliphatic carbocycles. The van der Waals surface area contributed by atoms with Crippen molar-refractivity contribution in [3.05, 3.63) is 69.2 Å². The van der Waals surface area contributed by atoms with E-state index in [1.807, 2.05) is 13.0 Å². The van der Waals surface area contributed by atoms with Crippen molar-refractivity contribution in [2.24, 2.45) is 0 Å². The van der Waals surface area contributed by atoms with E-state index in [9.17, 15) is 8.78 Å². The van der Waals surface area contributed by atoms with Crippen molar-refractivity contribution in [3.8, 4) is 0 Å². The Hall–Kier alpha value is -1.26. The molecule has 0 fully saturated rings. The van der Waals surface area contributed by atoms with Crippen LogP contribution in [0.1, 0.15) is 29.7 Å². The molecule has 0 aliphatic heterocycles. The van der Waals surface area contributed by atoms with Gasteiger partial charge in [0.25, 0.3) is 0 Å². The first-order valence-corrected chi connectivity index (χ1v) is 7.74. The van der Waals surface area contributed by atoms with E-state index in [0.29, 0.717) is 17.5 Å². The van der Waals surface area contributed by atoms with Crippen molar-refractivity contribution in [2.75, 3.05) is 6.54 Å². The average molecular weight is 354 g/mol. The molecule has 0 spiro atoms. The summed E-state index contributed by atoms with van der Waals surface area (Å²) >= 11 is 3.36. The number of hydrogen-bond acceptors (Lipinski definition) is 1. The number of hydrogen-bond donors (Lipinski definition) is 1. The maximum atomic E-state index is 13.9. The molecule has 1 unspecified atom stereocenters. The van der Waals surface area contributed by atoms with Crippen LogP contribution in [0.25, 0.3) is 0 Å². The summed E-state index contributed by atoms with van der Waals surface area (Å²) in [6, 6.07) is 9.94. The van der Waals surface area contributed by atoms with Gasteiger partial charge in [0.1, 0.15) is 11.6 Å². The molecule has 112 valence electrons. The fraction of sp³-hybridized carbons (Fsp3) is 0.294. The van der Waals surface area contributed by atoms with Crippen molar-refractivity contribution in [2.45, 2.75) is 26.3 Å². The Labute approximate surface area is 132 Å². The standard InChI is InChI=1S/C17H18BrF2N/c1-3-21-17(12-5-4-11(2)16(20)9-12)10-13-8-14(18)6-7-15(13)19/h4-9,17,21H,3,10H2,1-2H3. The minimum absolute atomic E-state index is 0.117. The third-order valence-electron chi connectivity index (χ3n) is 3.48. The Balaban J connectivity index is 2.30. The van der Waals surface area contributed by atoms with Gasteiger partial charge in [0.05, 0.1) is 0 Å². The van der Waals surface area contributed by atoms with Gasteiger partial charge in [-0.1, -0.05) is 35.0 Å². The van der Waals surface area contributed by atoms with Crippen molar-refractivity contribution in [3.63, 3.8) is 0 Å². The number of likely N-dealkylation sites (N-methyl/N-ethyl adjacent to an activating group) is 1. The molecule has 0 heterocycles. The van der Waals surface area contributed by atoms with Gasteiger partial charge >= 0.3 is 0 Å². The molecule has 0 aromatic heterocycles. The summed E-state index contributed by atoms with van der Waals surface area (Å²) < 4.78 is 28.5. The second-order valence-electron chi connectivity index (χ2n) is 5.06. The Kier molecular flexibility index (Phi) is 5.48. The number of aryl methyl sites for hydroxylation is 1. The summed E-state index contributed by atoms with van der Waals surface area (Å²) in [6.07, 6.45) is 0.474. The summed E-state index contributed by atoms with van der Waals surface area (Å²) in [5, 5.41) is 3.29. The fourth-order valence-corrected chi connectivity index (χ4v) is 2.71. The highest BCUT2D eigenvalue weighted by Gasteiger charge is 2.15. The third-order valence-corrected chi connectivity index (χ3v) is 3.97. The average Bonchev–Trinajstić information content (AvgIpc) is 2.45. The Morgan fingerprint density at radius 3 is 2.52 bits per heavy atom. The van der Waals surface area contributed by atoms with Crippen LogP contribution < -0.4 is 5.32 Å². The number of halogens is 3. The molecule has 21 heavy (non-hydrogen) atoms. The molecule has 2 aromatic carbocycles. The minimum Gasteiger partial charge on any atom is -0.310 e. The van der Waals surface area contributed by atoms with E-state index in [-0.39, 0.29) is 17.7 Å². The van der Waals surface area contributed by atoms with Crippen LogP contribution in [0.2, 0.25) is 0 Å². The molecule has 1 nitrogen and oxygen atoms in total. The van der Waals surface area contributed by atoms with Crippen LogP contribution in [0.15, 0.2) is 40.9 Å². The summed E-state index contributed by atoms with van der Waals surface area (Å²) in [4.78, 5) is 0. The molecule has 0 bridgehead atoms. The monoisotopic (exact) mass is 353 g/mol. The highest BCUT2D eigenvalue weighted by Crippen LogP contribution is 2.24. The lowest BCUT2D eigenvalue weighted by atomic mass is 9.97. The lowest BCUT2D eigenvalue weighted by Crippen LogP contribution is -2.23. The van der Waals surface area contributed by atoms with Crippen LogP contribution in [0.4, 0.5) is 8.78 Å². The van der Waals surface area contributed by atoms with Crippen molar-refractivity contribution < 1.29 is 8.78 Å². The lowest BCUT2D eigenvalue weighted by molar-refractivity contribution is 0.523. The SMILES string of the molecule is CCNC(Cc1cc(Br)ccc1F)c1ccc(C)c(F)c1. The van der Waals surface area contributed by atoms with E-state index >= 15 is 0 Å². The largest absolute Gasteiger partial charge is 0.310 e. The molecule has 0 saturated heterocycles. The smallest absolute Gasteiger partial charge is 0.126 e. The van der Waals surface area contributed by atoms with Gasteiger partial charge in [-0.25, -0.2) is 8.78 Å². The van der Waals surface area contributed by atoms with Crippen LogP contribution in [-0.4, -0.2) is 6.54 Å². The van der Waals surface area contributed by atoms with Crippen molar-refractivity contribution in [1.29, 1.82) is 0 Å². The van der Waals surface area contributed by atoms with E-state index in [1.165, 1.54) is 12.1 Å². The number of benzene rings is 2. The quantitative estimate of drug-likeness (QED) is 0.803. The molecule has 1 N–H and O–H groups in total. The first kappa shape index (κ1) is 16.1.